The number of carbonyl (C=O) groups excluding carboxylic acids is 1. The lowest BCUT2D eigenvalue weighted by molar-refractivity contribution is 0.0935. The molecule has 2 aromatic rings. The highest BCUT2D eigenvalue weighted by molar-refractivity contribution is 5.94. The number of amides is 1. The van der Waals surface area contributed by atoms with Gasteiger partial charge in [0.1, 0.15) is 11.5 Å². The fraction of sp³-hybridized carbons (Fsp3) is 0.474. The van der Waals surface area contributed by atoms with Gasteiger partial charge in [-0.3, -0.25) is 4.79 Å². The Kier molecular flexibility index (Phi) is 4.90. The van der Waals surface area contributed by atoms with Gasteiger partial charge in [-0.05, 0) is 44.2 Å². The van der Waals surface area contributed by atoms with E-state index in [1.165, 1.54) is 6.07 Å². The monoisotopic (exact) mass is 344 g/mol. The first kappa shape index (κ1) is 17.6. The van der Waals surface area contributed by atoms with E-state index in [1.807, 2.05) is 13.8 Å². The zero-order chi connectivity index (χ0) is 18.0. The number of aromatic nitrogens is 2. The van der Waals surface area contributed by atoms with E-state index >= 15 is 0 Å². The number of hydrogen-bond donors (Lipinski definition) is 2. The Bertz CT molecular complexity index is 780. The summed E-state index contributed by atoms with van der Waals surface area (Å²) in [5, 5.41) is 7.36. The number of nitrogens with zero attached hydrogens (tertiary/aromatic N) is 2. The fourth-order valence-corrected chi connectivity index (χ4v) is 3.28. The lowest BCUT2D eigenvalue weighted by Crippen LogP contribution is -2.49. The third kappa shape index (κ3) is 3.31. The minimum atomic E-state index is -0.410. The minimum Gasteiger partial charge on any atom is -0.349 e. The summed E-state index contributed by atoms with van der Waals surface area (Å²) in [6, 6.07) is 6.50. The van der Waals surface area contributed by atoms with Gasteiger partial charge in [0.25, 0.3) is 5.91 Å². The molecule has 0 bridgehead atoms. The standard InChI is InChI=1S/C19H25FN4O/c1-3-19(21,4-2)12-22-18(25)17-13-8-7-11-15(13)24(23-17)16-10-6-5-9-14(16)20/h5-6,9-10H,3-4,7-8,11-12,21H2,1-2H3,(H,22,25). The van der Waals surface area contributed by atoms with E-state index < -0.39 is 5.54 Å². The van der Waals surface area contributed by atoms with E-state index in [4.69, 9.17) is 5.73 Å². The molecule has 0 radical (unpaired) electrons. The number of carbonyl (C=O) groups is 1. The van der Waals surface area contributed by atoms with Gasteiger partial charge in [-0.25, -0.2) is 9.07 Å². The van der Waals surface area contributed by atoms with Crippen LogP contribution in [0, 0.1) is 5.82 Å². The lowest BCUT2D eigenvalue weighted by atomic mass is 9.94. The van der Waals surface area contributed by atoms with E-state index in [2.05, 4.69) is 10.4 Å². The van der Waals surface area contributed by atoms with Gasteiger partial charge in [-0.15, -0.1) is 0 Å². The van der Waals surface area contributed by atoms with Crippen LogP contribution in [0.3, 0.4) is 0 Å². The summed E-state index contributed by atoms with van der Waals surface area (Å²) in [4.78, 5) is 12.7. The highest BCUT2D eigenvalue weighted by Gasteiger charge is 2.29. The smallest absolute Gasteiger partial charge is 0.272 e. The van der Waals surface area contributed by atoms with Crippen LogP contribution in [-0.4, -0.2) is 27.8 Å². The van der Waals surface area contributed by atoms with Crippen molar-refractivity contribution in [1.82, 2.24) is 15.1 Å². The Labute approximate surface area is 147 Å². The van der Waals surface area contributed by atoms with Crippen LogP contribution in [0.5, 0.6) is 0 Å². The van der Waals surface area contributed by atoms with Crippen LogP contribution in [0.15, 0.2) is 24.3 Å². The van der Waals surface area contributed by atoms with Crippen molar-refractivity contribution in [3.05, 3.63) is 47.0 Å². The molecular weight excluding hydrogens is 319 g/mol. The third-order valence-electron chi connectivity index (χ3n) is 5.24. The van der Waals surface area contributed by atoms with Crippen molar-refractivity contribution in [2.45, 2.75) is 51.5 Å². The molecule has 1 amide bonds. The maximum Gasteiger partial charge on any atom is 0.272 e. The summed E-state index contributed by atoms with van der Waals surface area (Å²) in [5.74, 6) is -0.574. The molecule has 5 nitrogen and oxygen atoms in total. The van der Waals surface area contributed by atoms with Crippen molar-refractivity contribution in [3.8, 4) is 5.69 Å². The highest BCUT2D eigenvalue weighted by atomic mass is 19.1. The Morgan fingerprint density at radius 3 is 2.72 bits per heavy atom. The Balaban J connectivity index is 1.90. The van der Waals surface area contributed by atoms with Crippen molar-refractivity contribution in [2.24, 2.45) is 5.73 Å². The molecule has 134 valence electrons. The largest absolute Gasteiger partial charge is 0.349 e. The normalized spacial score (nSPS) is 13.8. The molecular formula is C19H25FN4O. The van der Waals surface area contributed by atoms with E-state index in [0.29, 0.717) is 17.9 Å². The fourth-order valence-electron chi connectivity index (χ4n) is 3.28. The van der Waals surface area contributed by atoms with Crippen LogP contribution in [0.1, 0.15) is 54.9 Å². The summed E-state index contributed by atoms with van der Waals surface area (Å²) >= 11 is 0. The third-order valence-corrected chi connectivity index (χ3v) is 5.24. The van der Waals surface area contributed by atoms with Crippen LogP contribution in [0.4, 0.5) is 4.39 Å². The van der Waals surface area contributed by atoms with E-state index in [9.17, 15) is 9.18 Å². The molecule has 1 aromatic carbocycles. The molecule has 3 rings (SSSR count). The summed E-state index contributed by atoms with van der Waals surface area (Å²) in [6.07, 6.45) is 4.11. The van der Waals surface area contributed by atoms with Crippen LogP contribution in [-0.2, 0) is 12.8 Å². The molecule has 1 aliphatic carbocycles. The number of nitrogens with two attached hydrogens (primary N) is 1. The quantitative estimate of drug-likeness (QED) is 0.846. The summed E-state index contributed by atoms with van der Waals surface area (Å²) in [6.45, 7) is 4.43. The zero-order valence-corrected chi connectivity index (χ0v) is 14.8. The first-order valence-electron chi connectivity index (χ1n) is 8.92. The van der Waals surface area contributed by atoms with Gasteiger partial charge in [-0.1, -0.05) is 26.0 Å². The van der Waals surface area contributed by atoms with Gasteiger partial charge in [0, 0.05) is 23.3 Å². The van der Waals surface area contributed by atoms with E-state index in [-0.39, 0.29) is 11.7 Å². The second kappa shape index (κ2) is 6.96. The summed E-state index contributed by atoms with van der Waals surface area (Å²) in [5.41, 5.74) is 8.49. The van der Waals surface area contributed by atoms with Crippen molar-refractivity contribution in [2.75, 3.05) is 6.54 Å². The highest BCUT2D eigenvalue weighted by Crippen LogP contribution is 2.28. The van der Waals surface area contributed by atoms with Gasteiger partial charge in [0.15, 0.2) is 5.69 Å². The summed E-state index contributed by atoms with van der Waals surface area (Å²) in [7, 11) is 0. The molecule has 1 aromatic heterocycles. The molecule has 0 aliphatic heterocycles. The van der Waals surface area contributed by atoms with Gasteiger partial charge in [0.2, 0.25) is 0 Å². The number of benzene rings is 1. The van der Waals surface area contributed by atoms with Crippen LogP contribution in [0.2, 0.25) is 0 Å². The maximum absolute atomic E-state index is 14.2. The average molecular weight is 344 g/mol. The Morgan fingerprint density at radius 2 is 2.04 bits per heavy atom. The molecule has 0 fully saturated rings. The first-order chi connectivity index (χ1) is 12.0. The van der Waals surface area contributed by atoms with Crippen molar-refractivity contribution < 1.29 is 9.18 Å². The van der Waals surface area contributed by atoms with Gasteiger partial charge >= 0.3 is 0 Å². The number of rotatable bonds is 6. The van der Waals surface area contributed by atoms with Gasteiger partial charge in [-0.2, -0.15) is 5.10 Å². The van der Waals surface area contributed by atoms with E-state index in [0.717, 1.165) is 43.4 Å². The molecule has 0 unspecified atom stereocenters. The van der Waals surface area contributed by atoms with Crippen LogP contribution >= 0.6 is 0 Å². The average Bonchev–Trinajstić information content (AvgIpc) is 3.22. The molecule has 0 atom stereocenters. The van der Waals surface area contributed by atoms with Crippen LogP contribution < -0.4 is 11.1 Å². The predicted molar refractivity (Wildman–Crippen MR) is 95.4 cm³/mol. The number of nitrogens with one attached hydrogen (secondary N) is 1. The van der Waals surface area contributed by atoms with Gasteiger partial charge < -0.3 is 11.1 Å². The minimum absolute atomic E-state index is 0.232. The van der Waals surface area contributed by atoms with Gasteiger partial charge in [0.05, 0.1) is 0 Å². The molecule has 3 N–H and O–H groups in total. The lowest BCUT2D eigenvalue weighted by Gasteiger charge is -2.26. The van der Waals surface area contributed by atoms with Crippen molar-refractivity contribution in [3.63, 3.8) is 0 Å². The SMILES string of the molecule is CCC(N)(CC)CNC(=O)c1nn(-c2ccccc2F)c2c1CCC2. The van der Waals surface area contributed by atoms with Crippen molar-refractivity contribution in [1.29, 1.82) is 0 Å². The second-order valence-electron chi connectivity index (χ2n) is 6.74. The number of fused-ring (bicyclic) bond motifs is 1. The molecule has 6 heteroatoms. The zero-order valence-electron chi connectivity index (χ0n) is 14.8. The van der Waals surface area contributed by atoms with Crippen molar-refractivity contribution >= 4 is 5.91 Å². The Morgan fingerprint density at radius 1 is 1.32 bits per heavy atom. The molecule has 25 heavy (non-hydrogen) atoms. The van der Waals surface area contributed by atoms with Crippen LogP contribution in [0.25, 0.3) is 5.69 Å². The molecule has 0 saturated heterocycles. The number of para-hydroxylation sites is 1. The Hall–Kier alpha value is -2.21. The number of halogens is 1. The second-order valence-corrected chi connectivity index (χ2v) is 6.74. The molecule has 1 heterocycles. The molecule has 0 spiro atoms. The first-order valence-corrected chi connectivity index (χ1v) is 8.92. The summed E-state index contributed by atoms with van der Waals surface area (Å²) < 4.78 is 15.8. The predicted octanol–water partition coefficient (Wildman–Crippen LogP) is 2.75. The topological polar surface area (TPSA) is 72.9 Å². The van der Waals surface area contributed by atoms with E-state index in [1.54, 1.807) is 22.9 Å². The molecule has 1 aliphatic rings. The molecule has 0 saturated carbocycles. The number of hydrogen-bond acceptors (Lipinski definition) is 3. The maximum atomic E-state index is 14.2.